The maximum atomic E-state index is 12.2. The number of hydrogen-bond donors (Lipinski definition) is 2. The standard InChI is InChI=1S/C24H32N2O/c1-4-5-6-7-8-9-11-18-14-15-21-19(16-18)12-10-13-20(21)17-22-23(27)25-26-24(22,2)3/h10,12-17,26H,4-9,11H2,1-3H3,(H,25,27)/b22-17+. The molecule has 0 unspecified atom stereocenters. The van der Waals surface area contributed by atoms with Gasteiger partial charge < -0.3 is 0 Å². The fraction of sp³-hybridized carbons (Fsp3) is 0.458. The molecule has 27 heavy (non-hydrogen) atoms. The van der Waals surface area contributed by atoms with Crippen LogP contribution in [-0.2, 0) is 11.2 Å². The van der Waals surface area contributed by atoms with Gasteiger partial charge in [-0.2, -0.15) is 0 Å². The average molecular weight is 365 g/mol. The lowest BCUT2D eigenvalue weighted by atomic mass is 9.92. The summed E-state index contributed by atoms with van der Waals surface area (Å²) in [5.41, 5.74) is 8.68. The molecule has 1 aliphatic rings. The highest BCUT2D eigenvalue weighted by molar-refractivity contribution is 6.04. The normalized spacial score (nSPS) is 17.6. The Labute approximate surface area is 163 Å². The van der Waals surface area contributed by atoms with Gasteiger partial charge in [0.15, 0.2) is 0 Å². The molecule has 0 spiro atoms. The highest BCUT2D eigenvalue weighted by Gasteiger charge is 2.34. The monoisotopic (exact) mass is 364 g/mol. The molecule has 0 atom stereocenters. The predicted octanol–water partition coefficient (Wildman–Crippen LogP) is 5.54. The maximum absolute atomic E-state index is 12.2. The molecule has 2 aromatic rings. The number of fused-ring (bicyclic) bond motifs is 1. The Hall–Kier alpha value is -2.13. The van der Waals surface area contributed by atoms with Crippen LogP contribution in [0.3, 0.4) is 0 Å². The van der Waals surface area contributed by atoms with Crippen LogP contribution in [-0.4, -0.2) is 11.4 Å². The Kier molecular flexibility index (Phi) is 6.33. The van der Waals surface area contributed by atoms with Crippen molar-refractivity contribution in [3.05, 3.63) is 53.1 Å². The van der Waals surface area contributed by atoms with Crippen LogP contribution in [0.25, 0.3) is 16.8 Å². The highest BCUT2D eigenvalue weighted by atomic mass is 16.2. The molecule has 2 N–H and O–H groups in total. The van der Waals surface area contributed by atoms with Crippen LogP contribution in [0.5, 0.6) is 0 Å². The first kappa shape index (κ1) is 19.6. The lowest BCUT2D eigenvalue weighted by Gasteiger charge is -2.17. The van der Waals surface area contributed by atoms with Gasteiger partial charge in [-0.1, -0.05) is 75.4 Å². The van der Waals surface area contributed by atoms with Crippen LogP contribution >= 0.6 is 0 Å². The summed E-state index contributed by atoms with van der Waals surface area (Å²) in [7, 11) is 0. The summed E-state index contributed by atoms with van der Waals surface area (Å²) < 4.78 is 0. The van der Waals surface area contributed by atoms with E-state index in [9.17, 15) is 4.79 Å². The van der Waals surface area contributed by atoms with Crippen molar-refractivity contribution in [3.8, 4) is 0 Å². The van der Waals surface area contributed by atoms with Crippen LogP contribution in [0, 0.1) is 0 Å². The van der Waals surface area contributed by atoms with Gasteiger partial charge in [-0.15, -0.1) is 0 Å². The number of hydrogen-bond acceptors (Lipinski definition) is 2. The van der Waals surface area contributed by atoms with E-state index in [2.05, 4.69) is 54.2 Å². The van der Waals surface area contributed by atoms with E-state index in [1.807, 2.05) is 19.9 Å². The molecule has 0 saturated carbocycles. The summed E-state index contributed by atoms with van der Waals surface area (Å²) >= 11 is 0. The van der Waals surface area contributed by atoms with Crippen molar-refractivity contribution in [3.63, 3.8) is 0 Å². The second-order valence-corrected chi connectivity index (χ2v) is 8.18. The van der Waals surface area contributed by atoms with E-state index in [-0.39, 0.29) is 11.4 Å². The molecule has 1 heterocycles. The molecule has 0 radical (unpaired) electrons. The number of carbonyl (C=O) groups is 1. The van der Waals surface area contributed by atoms with Gasteiger partial charge in [-0.05, 0) is 54.7 Å². The summed E-state index contributed by atoms with van der Waals surface area (Å²) in [6, 6.07) is 13.1. The van der Waals surface area contributed by atoms with Crippen LogP contribution in [0.4, 0.5) is 0 Å². The van der Waals surface area contributed by atoms with Crippen LogP contribution < -0.4 is 10.9 Å². The minimum absolute atomic E-state index is 0.0447. The van der Waals surface area contributed by atoms with Gasteiger partial charge in [0, 0.05) is 5.57 Å². The number of unbranched alkanes of at least 4 members (excludes halogenated alkanes) is 5. The van der Waals surface area contributed by atoms with Crippen molar-refractivity contribution in [1.29, 1.82) is 0 Å². The lowest BCUT2D eigenvalue weighted by molar-refractivity contribution is -0.116. The minimum atomic E-state index is -0.364. The first-order valence-corrected chi connectivity index (χ1v) is 10.3. The van der Waals surface area contributed by atoms with Crippen molar-refractivity contribution in [2.45, 2.75) is 71.3 Å². The number of aryl methyl sites for hydroxylation is 1. The first-order chi connectivity index (χ1) is 13.0. The third-order valence-corrected chi connectivity index (χ3v) is 5.50. The second-order valence-electron chi connectivity index (χ2n) is 8.18. The summed E-state index contributed by atoms with van der Waals surface area (Å²) in [5, 5.41) is 2.45. The van der Waals surface area contributed by atoms with Crippen LogP contribution in [0.1, 0.15) is 70.4 Å². The number of nitrogens with one attached hydrogen (secondary N) is 2. The topological polar surface area (TPSA) is 41.1 Å². The molecule has 1 fully saturated rings. The largest absolute Gasteiger partial charge is 0.287 e. The first-order valence-electron chi connectivity index (χ1n) is 10.3. The SMILES string of the molecule is CCCCCCCCc1ccc2c(/C=C3\C(=O)NNC3(C)C)cccc2c1. The number of amides is 1. The van der Waals surface area contributed by atoms with E-state index in [4.69, 9.17) is 0 Å². The molecule has 3 heteroatoms. The Bertz CT molecular complexity index is 835. The minimum Gasteiger partial charge on any atom is -0.287 e. The molecule has 3 rings (SSSR count). The van der Waals surface area contributed by atoms with Crippen molar-refractivity contribution in [2.24, 2.45) is 0 Å². The Balaban J connectivity index is 1.75. The van der Waals surface area contributed by atoms with Crippen molar-refractivity contribution < 1.29 is 4.79 Å². The van der Waals surface area contributed by atoms with Gasteiger partial charge >= 0.3 is 0 Å². The maximum Gasteiger partial charge on any atom is 0.263 e. The molecule has 2 aromatic carbocycles. The molecular formula is C24H32N2O. The molecule has 144 valence electrons. The molecule has 1 amide bonds. The number of carbonyl (C=O) groups excluding carboxylic acids is 1. The molecule has 0 bridgehead atoms. The highest BCUT2D eigenvalue weighted by Crippen LogP contribution is 2.27. The van der Waals surface area contributed by atoms with Gasteiger partial charge in [-0.25, -0.2) is 5.43 Å². The number of benzene rings is 2. The van der Waals surface area contributed by atoms with E-state index < -0.39 is 0 Å². The third kappa shape index (κ3) is 4.78. The Morgan fingerprint density at radius 2 is 1.78 bits per heavy atom. The molecular weight excluding hydrogens is 332 g/mol. The summed E-state index contributed by atoms with van der Waals surface area (Å²) in [5.74, 6) is -0.0447. The fourth-order valence-electron chi connectivity index (χ4n) is 3.78. The van der Waals surface area contributed by atoms with Gasteiger partial charge in [0.05, 0.1) is 5.54 Å². The van der Waals surface area contributed by atoms with E-state index in [0.29, 0.717) is 0 Å². The van der Waals surface area contributed by atoms with E-state index in [1.54, 1.807) is 0 Å². The smallest absolute Gasteiger partial charge is 0.263 e. The van der Waals surface area contributed by atoms with Crippen LogP contribution in [0.15, 0.2) is 42.0 Å². The Morgan fingerprint density at radius 1 is 1.00 bits per heavy atom. The zero-order valence-electron chi connectivity index (χ0n) is 16.9. The Morgan fingerprint density at radius 3 is 2.52 bits per heavy atom. The number of rotatable bonds is 8. The van der Waals surface area contributed by atoms with Gasteiger partial charge in [0.1, 0.15) is 0 Å². The number of hydrazine groups is 1. The molecule has 3 nitrogen and oxygen atoms in total. The summed E-state index contributed by atoms with van der Waals surface area (Å²) in [6.45, 7) is 6.29. The van der Waals surface area contributed by atoms with Gasteiger partial charge in [0.25, 0.3) is 5.91 Å². The zero-order valence-corrected chi connectivity index (χ0v) is 16.9. The van der Waals surface area contributed by atoms with Crippen molar-refractivity contribution in [1.82, 2.24) is 10.9 Å². The van der Waals surface area contributed by atoms with Crippen molar-refractivity contribution >= 4 is 22.8 Å². The molecule has 0 aliphatic carbocycles. The van der Waals surface area contributed by atoms with E-state index in [0.717, 1.165) is 17.6 Å². The fourth-order valence-corrected chi connectivity index (χ4v) is 3.78. The third-order valence-electron chi connectivity index (χ3n) is 5.50. The second kappa shape index (κ2) is 8.71. The van der Waals surface area contributed by atoms with Crippen LogP contribution in [0.2, 0.25) is 0 Å². The quantitative estimate of drug-likeness (QED) is 0.477. The van der Waals surface area contributed by atoms with E-state index in [1.165, 1.54) is 54.9 Å². The average Bonchev–Trinajstić information content (AvgIpc) is 2.91. The zero-order chi connectivity index (χ0) is 19.3. The lowest BCUT2D eigenvalue weighted by Crippen LogP contribution is -2.38. The molecule has 0 aromatic heterocycles. The van der Waals surface area contributed by atoms with E-state index >= 15 is 0 Å². The van der Waals surface area contributed by atoms with Gasteiger partial charge in [-0.3, -0.25) is 10.2 Å². The van der Waals surface area contributed by atoms with Crippen molar-refractivity contribution in [2.75, 3.05) is 0 Å². The summed E-state index contributed by atoms with van der Waals surface area (Å²) in [4.78, 5) is 12.2. The predicted molar refractivity (Wildman–Crippen MR) is 114 cm³/mol. The summed E-state index contributed by atoms with van der Waals surface area (Å²) in [6.07, 6.45) is 11.1. The molecule has 1 aliphatic heterocycles. The molecule has 1 saturated heterocycles. The van der Waals surface area contributed by atoms with Gasteiger partial charge in [0.2, 0.25) is 0 Å².